The van der Waals surface area contributed by atoms with E-state index in [1.807, 2.05) is 61.5 Å². The van der Waals surface area contributed by atoms with E-state index in [9.17, 15) is 28.8 Å². The van der Waals surface area contributed by atoms with Crippen molar-refractivity contribution in [3.63, 3.8) is 0 Å². The van der Waals surface area contributed by atoms with Crippen LogP contribution in [-0.2, 0) is 32.1 Å². The van der Waals surface area contributed by atoms with Crippen LogP contribution >= 0.6 is 0 Å². The highest BCUT2D eigenvalue weighted by molar-refractivity contribution is 6.02. The van der Waals surface area contributed by atoms with E-state index in [2.05, 4.69) is 25.8 Å². The van der Waals surface area contributed by atoms with Crippen molar-refractivity contribution in [1.29, 1.82) is 0 Å². The fourth-order valence-electron chi connectivity index (χ4n) is 7.49. The van der Waals surface area contributed by atoms with Crippen LogP contribution in [0.2, 0.25) is 0 Å². The molecule has 0 radical (unpaired) electrons. The van der Waals surface area contributed by atoms with Crippen molar-refractivity contribution in [2.45, 2.75) is 26.9 Å². The first kappa shape index (κ1) is 46.2. The summed E-state index contributed by atoms with van der Waals surface area (Å²) in [4.78, 5) is 86.7. The molecule has 66 heavy (non-hydrogen) atoms. The Bertz CT molecular complexity index is 2790. The number of carbonyl (C=O) groups is 5. The number of halogens is 1. The molecule has 3 heterocycles. The zero-order valence-electron chi connectivity index (χ0n) is 36.6. The van der Waals surface area contributed by atoms with Crippen LogP contribution in [0.5, 0.6) is 0 Å². The lowest BCUT2D eigenvalue weighted by molar-refractivity contribution is -0.133. The lowest BCUT2D eigenvalue weighted by atomic mass is 10.0. The van der Waals surface area contributed by atoms with Gasteiger partial charge in [0.05, 0.1) is 35.5 Å². The molecule has 0 spiro atoms. The van der Waals surface area contributed by atoms with Gasteiger partial charge in [0.2, 0.25) is 11.8 Å². The number of fused-ring (bicyclic) bond motifs is 1. The number of nitrogens with zero attached hydrogens (tertiary/aromatic N) is 5. The predicted molar refractivity (Wildman–Crippen MR) is 244 cm³/mol. The SMILES string of the molecule is CC(=O)Nc1cc(-c2cccc(C)c2)cnc1C(=O)NCCOCCN(CC(=O)N1CCN(C(=O)c2cc(Cc3n[nH]c(=O)c4ccccc34)ccc2F)CC1)C(=O)OCc1ccccc1. The van der Waals surface area contributed by atoms with Crippen molar-refractivity contribution < 1.29 is 37.8 Å². The van der Waals surface area contributed by atoms with Gasteiger partial charge in [0.15, 0.2) is 5.69 Å². The van der Waals surface area contributed by atoms with E-state index in [4.69, 9.17) is 9.47 Å². The molecule has 0 bridgehead atoms. The molecule has 1 aliphatic rings. The number of hydrogen-bond donors (Lipinski definition) is 3. The zero-order chi connectivity index (χ0) is 46.6. The number of aromatic amines is 1. The number of piperazine rings is 1. The second-order valence-corrected chi connectivity index (χ2v) is 15.7. The molecule has 6 aromatic rings. The quantitative estimate of drug-likeness (QED) is 0.107. The number of rotatable bonds is 16. The lowest BCUT2D eigenvalue weighted by Crippen LogP contribution is -2.53. The average molecular weight is 897 g/mol. The zero-order valence-corrected chi connectivity index (χ0v) is 36.6. The summed E-state index contributed by atoms with van der Waals surface area (Å²) >= 11 is 0. The van der Waals surface area contributed by atoms with Gasteiger partial charge in [-0.05, 0) is 47.9 Å². The Hall–Kier alpha value is -7.79. The van der Waals surface area contributed by atoms with E-state index >= 15 is 4.39 Å². The minimum absolute atomic E-state index is 0.00553. The Balaban J connectivity index is 0.920. The van der Waals surface area contributed by atoms with Crippen LogP contribution in [0.4, 0.5) is 14.9 Å². The molecule has 4 aromatic carbocycles. The Morgan fingerprint density at radius 3 is 2.32 bits per heavy atom. The van der Waals surface area contributed by atoms with Gasteiger partial charge >= 0.3 is 6.09 Å². The van der Waals surface area contributed by atoms with Gasteiger partial charge in [-0.1, -0.05) is 84.4 Å². The second-order valence-electron chi connectivity index (χ2n) is 15.7. The van der Waals surface area contributed by atoms with Crippen LogP contribution in [-0.4, -0.2) is 119 Å². The lowest BCUT2D eigenvalue weighted by Gasteiger charge is -2.36. The summed E-state index contributed by atoms with van der Waals surface area (Å²) in [5.41, 5.74) is 4.47. The summed E-state index contributed by atoms with van der Waals surface area (Å²) in [6.45, 7) is 3.65. The first-order valence-electron chi connectivity index (χ1n) is 21.4. The van der Waals surface area contributed by atoms with E-state index in [-0.39, 0.29) is 106 Å². The Labute approximate surface area is 379 Å². The van der Waals surface area contributed by atoms with E-state index in [1.165, 1.54) is 33.8 Å². The molecular formula is C49H49FN8O8. The first-order chi connectivity index (χ1) is 31.9. The van der Waals surface area contributed by atoms with Crippen molar-refractivity contribution in [1.82, 2.24) is 35.2 Å². The third-order valence-corrected chi connectivity index (χ3v) is 10.9. The van der Waals surface area contributed by atoms with Crippen molar-refractivity contribution in [3.8, 4) is 11.1 Å². The van der Waals surface area contributed by atoms with Gasteiger partial charge in [-0.3, -0.25) is 28.9 Å². The summed E-state index contributed by atoms with van der Waals surface area (Å²) in [6.07, 6.45) is 1.08. The Kier molecular flexibility index (Phi) is 15.2. The topological polar surface area (TPSA) is 196 Å². The number of nitrogens with one attached hydrogen (secondary N) is 3. The third kappa shape index (κ3) is 11.9. The van der Waals surface area contributed by atoms with Gasteiger partial charge in [0.25, 0.3) is 17.4 Å². The Morgan fingerprint density at radius 1 is 0.818 bits per heavy atom. The van der Waals surface area contributed by atoms with Crippen LogP contribution in [0.1, 0.15) is 50.2 Å². The van der Waals surface area contributed by atoms with Crippen LogP contribution in [0.15, 0.2) is 114 Å². The highest BCUT2D eigenvalue weighted by atomic mass is 19.1. The molecule has 3 N–H and O–H groups in total. The van der Waals surface area contributed by atoms with Gasteiger partial charge < -0.3 is 29.9 Å². The second kappa shape index (κ2) is 21.7. The van der Waals surface area contributed by atoms with Crippen molar-refractivity contribution in [2.24, 2.45) is 0 Å². The summed E-state index contributed by atoms with van der Waals surface area (Å²) in [6, 6.07) is 29.9. The number of amides is 5. The number of carbonyl (C=O) groups excluding carboxylic acids is 5. The van der Waals surface area contributed by atoms with Crippen LogP contribution < -0.4 is 16.2 Å². The summed E-state index contributed by atoms with van der Waals surface area (Å²) in [5, 5.41) is 13.3. The number of benzene rings is 4. The largest absolute Gasteiger partial charge is 0.445 e. The summed E-state index contributed by atoms with van der Waals surface area (Å²) < 4.78 is 26.5. The highest BCUT2D eigenvalue weighted by Gasteiger charge is 2.29. The molecule has 17 heteroatoms. The fraction of sp³-hybridized carbons (Fsp3) is 0.265. The molecule has 7 rings (SSSR count). The maximum absolute atomic E-state index is 15.1. The molecule has 1 fully saturated rings. The maximum atomic E-state index is 15.1. The molecule has 0 saturated carbocycles. The molecule has 5 amide bonds. The highest BCUT2D eigenvalue weighted by Crippen LogP contribution is 2.25. The van der Waals surface area contributed by atoms with Gasteiger partial charge in [-0.2, -0.15) is 5.10 Å². The fourth-order valence-corrected chi connectivity index (χ4v) is 7.49. The number of aryl methyl sites for hydroxylation is 1. The Morgan fingerprint density at radius 2 is 1.56 bits per heavy atom. The molecule has 0 unspecified atom stereocenters. The molecule has 0 aliphatic carbocycles. The van der Waals surface area contributed by atoms with Crippen LogP contribution in [0.3, 0.4) is 0 Å². The number of aromatic nitrogens is 3. The molecule has 340 valence electrons. The molecule has 2 aromatic heterocycles. The molecule has 0 atom stereocenters. The van der Waals surface area contributed by atoms with Gasteiger partial charge in [0, 0.05) is 69.8 Å². The minimum Gasteiger partial charge on any atom is -0.445 e. The van der Waals surface area contributed by atoms with Gasteiger partial charge in [-0.25, -0.2) is 19.3 Å². The van der Waals surface area contributed by atoms with Crippen LogP contribution in [0, 0.1) is 12.7 Å². The number of hydrogen-bond acceptors (Lipinski definition) is 10. The molecule has 1 aliphatic heterocycles. The van der Waals surface area contributed by atoms with Gasteiger partial charge in [-0.15, -0.1) is 0 Å². The van der Waals surface area contributed by atoms with Crippen molar-refractivity contribution in [3.05, 3.63) is 159 Å². The normalized spacial score (nSPS) is 12.4. The number of anilines is 1. The third-order valence-electron chi connectivity index (χ3n) is 10.9. The predicted octanol–water partition coefficient (Wildman–Crippen LogP) is 5.35. The summed E-state index contributed by atoms with van der Waals surface area (Å²) in [7, 11) is 0. The maximum Gasteiger partial charge on any atom is 0.410 e. The van der Waals surface area contributed by atoms with Gasteiger partial charge in [0.1, 0.15) is 19.0 Å². The molecule has 16 nitrogen and oxygen atoms in total. The van der Waals surface area contributed by atoms with E-state index in [1.54, 1.807) is 42.6 Å². The average Bonchev–Trinajstić information content (AvgIpc) is 3.32. The monoisotopic (exact) mass is 896 g/mol. The number of H-pyrrole nitrogens is 1. The molecular weight excluding hydrogens is 848 g/mol. The minimum atomic E-state index is -0.732. The summed E-state index contributed by atoms with van der Waals surface area (Å²) in [5.74, 6) is -2.48. The van der Waals surface area contributed by atoms with E-state index in [0.29, 0.717) is 22.0 Å². The van der Waals surface area contributed by atoms with Crippen molar-refractivity contribution in [2.75, 3.05) is 64.3 Å². The van der Waals surface area contributed by atoms with E-state index < -0.39 is 23.7 Å². The molecule has 1 saturated heterocycles. The number of pyridine rings is 1. The van der Waals surface area contributed by atoms with Crippen LogP contribution in [0.25, 0.3) is 21.9 Å². The smallest absolute Gasteiger partial charge is 0.410 e. The first-order valence-corrected chi connectivity index (χ1v) is 21.4. The number of ether oxygens (including phenoxy) is 2. The standard InChI is InChI=1S/C49H49FN8O8/c1-32-9-8-12-36(25-32)37-28-43(53-33(2)59)45(52-29-37)47(62)51-17-23-65-24-22-58(49(64)66-31-34-10-4-3-5-11-34)30-44(60)56-18-20-57(21-19-56)48(63)40-26-35(15-16-41(40)50)27-42-38-13-6-7-14-39(38)46(61)55-54-42/h3-16,25-26,28-29H,17-24,27,30-31H2,1-2H3,(H,51,62)(H,53,59)(H,55,61). The van der Waals surface area contributed by atoms with E-state index in [0.717, 1.165) is 22.3 Å². The van der Waals surface area contributed by atoms with Crippen molar-refractivity contribution >= 4 is 46.2 Å².